The molecule has 0 spiro atoms. The number of furan rings is 1. The molecule has 2 aliphatic carbocycles. The van der Waals surface area contributed by atoms with E-state index in [0.29, 0.717) is 25.7 Å². The molecule has 0 aromatic carbocycles. The Kier molecular flexibility index (Phi) is 5.19. The fourth-order valence-corrected chi connectivity index (χ4v) is 6.62. The van der Waals surface area contributed by atoms with Gasteiger partial charge in [0.1, 0.15) is 12.2 Å². The molecule has 1 aliphatic heterocycles. The lowest BCUT2D eigenvalue weighted by atomic mass is 9.43. The molecular formula is C23H30O7. The summed E-state index contributed by atoms with van der Waals surface area (Å²) >= 11 is 0. The number of methoxy groups -OCH3 is 1. The highest BCUT2D eigenvalue weighted by atomic mass is 16.6. The van der Waals surface area contributed by atoms with E-state index in [4.69, 9.17) is 18.6 Å². The van der Waals surface area contributed by atoms with E-state index < -0.39 is 5.41 Å². The van der Waals surface area contributed by atoms with Crippen LogP contribution in [0, 0.1) is 28.6 Å². The van der Waals surface area contributed by atoms with Crippen molar-refractivity contribution >= 4 is 17.9 Å². The molecule has 7 atom stereocenters. The lowest BCUT2D eigenvalue weighted by Crippen LogP contribution is -2.61. The number of carbonyl (C=O) groups excluding carboxylic acids is 3. The number of fused-ring (bicyclic) bond motifs is 3. The Morgan fingerprint density at radius 2 is 1.97 bits per heavy atom. The topological polar surface area (TPSA) is 92.0 Å². The van der Waals surface area contributed by atoms with Gasteiger partial charge in [0.2, 0.25) is 0 Å². The highest BCUT2D eigenvalue weighted by Gasteiger charge is 2.64. The van der Waals surface area contributed by atoms with E-state index in [2.05, 4.69) is 13.8 Å². The number of cyclic esters (lactones) is 1. The Morgan fingerprint density at radius 3 is 2.60 bits per heavy atom. The highest BCUT2D eigenvalue weighted by molar-refractivity contribution is 5.76. The summed E-state index contributed by atoms with van der Waals surface area (Å²) < 4.78 is 21.7. The minimum Gasteiger partial charge on any atom is -0.472 e. The molecule has 0 radical (unpaired) electrons. The van der Waals surface area contributed by atoms with E-state index in [-0.39, 0.29) is 53.3 Å². The Labute approximate surface area is 176 Å². The number of esters is 3. The summed E-state index contributed by atoms with van der Waals surface area (Å²) in [6, 6.07) is 1.82. The van der Waals surface area contributed by atoms with Crippen molar-refractivity contribution in [3.05, 3.63) is 24.2 Å². The summed E-state index contributed by atoms with van der Waals surface area (Å²) in [7, 11) is 1.40. The fourth-order valence-electron chi connectivity index (χ4n) is 6.62. The van der Waals surface area contributed by atoms with Gasteiger partial charge in [-0.25, -0.2) is 0 Å². The first-order valence-electron chi connectivity index (χ1n) is 10.7. The second-order valence-electron chi connectivity index (χ2n) is 9.62. The molecule has 1 saturated heterocycles. The molecule has 0 bridgehead atoms. The zero-order valence-electron chi connectivity index (χ0n) is 18.0. The molecule has 0 N–H and O–H groups in total. The van der Waals surface area contributed by atoms with Crippen molar-refractivity contribution in [2.45, 2.75) is 65.1 Å². The molecule has 0 amide bonds. The zero-order chi connectivity index (χ0) is 21.7. The normalized spacial score (nSPS) is 40.5. The van der Waals surface area contributed by atoms with Crippen LogP contribution in [0.5, 0.6) is 0 Å². The average Bonchev–Trinajstić information content (AvgIpc) is 3.21. The maximum atomic E-state index is 13.0. The maximum Gasteiger partial charge on any atom is 0.310 e. The van der Waals surface area contributed by atoms with Crippen molar-refractivity contribution in [1.82, 2.24) is 0 Å². The van der Waals surface area contributed by atoms with Gasteiger partial charge in [0, 0.05) is 12.5 Å². The molecule has 7 heteroatoms. The molecule has 3 fully saturated rings. The SMILES string of the molecule is COC(=O)[C@@H]1C[C@H](OC(C)=O)CC2[C@@]1(C)CC[C@H]1C(=O)O[C@H](c3ccoc3)C[C@]21C. The third kappa shape index (κ3) is 3.22. The monoisotopic (exact) mass is 418 g/mol. The van der Waals surface area contributed by atoms with Gasteiger partial charge in [0.05, 0.1) is 31.5 Å². The standard InChI is InChI=1S/C23H30O7/c1-13(24)29-15-9-17(20(25)27-4)22(2)7-5-16-21(26)30-18(14-6-8-28-12-14)11-23(16,3)19(22)10-15/h6,8,12,15-19H,5,7,9-11H2,1-4H3/t15-,16-,17-,18-,19?,22-,23-/m0/s1. The predicted octanol–water partition coefficient (Wildman–Crippen LogP) is 3.82. The van der Waals surface area contributed by atoms with Crippen molar-refractivity contribution in [1.29, 1.82) is 0 Å². The van der Waals surface area contributed by atoms with E-state index >= 15 is 0 Å². The molecule has 164 valence electrons. The van der Waals surface area contributed by atoms with E-state index in [1.165, 1.54) is 14.0 Å². The van der Waals surface area contributed by atoms with Gasteiger partial charge in [0.15, 0.2) is 0 Å². The number of hydrogen-bond donors (Lipinski definition) is 0. The molecule has 3 aliphatic rings. The molecule has 2 saturated carbocycles. The smallest absolute Gasteiger partial charge is 0.310 e. The first kappa shape index (κ1) is 20.9. The minimum atomic E-state index is -0.393. The van der Waals surface area contributed by atoms with Crippen LogP contribution in [0.3, 0.4) is 0 Å². The van der Waals surface area contributed by atoms with E-state index in [1.807, 2.05) is 6.07 Å². The van der Waals surface area contributed by atoms with Crippen molar-refractivity contribution in [3.8, 4) is 0 Å². The summed E-state index contributed by atoms with van der Waals surface area (Å²) in [6.45, 7) is 5.66. The minimum absolute atomic E-state index is 0.00759. The van der Waals surface area contributed by atoms with Crippen LogP contribution in [0.2, 0.25) is 0 Å². The number of rotatable bonds is 3. The zero-order valence-corrected chi connectivity index (χ0v) is 18.0. The molecule has 30 heavy (non-hydrogen) atoms. The number of ether oxygens (including phenoxy) is 3. The molecule has 1 unspecified atom stereocenters. The molecule has 1 aromatic heterocycles. The Hall–Kier alpha value is -2.31. The van der Waals surface area contributed by atoms with Crippen LogP contribution < -0.4 is 0 Å². The van der Waals surface area contributed by atoms with E-state index in [0.717, 1.165) is 12.0 Å². The van der Waals surface area contributed by atoms with Crippen molar-refractivity contribution < 1.29 is 33.0 Å². The Balaban J connectivity index is 1.73. The summed E-state index contributed by atoms with van der Waals surface area (Å²) in [5, 5.41) is 0. The van der Waals surface area contributed by atoms with Crippen LogP contribution in [0.15, 0.2) is 23.0 Å². The number of carbonyl (C=O) groups is 3. The predicted molar refractivity (Wildman–Crippen MR) is 105 cm³/mol. The lowest BCUT2D eigenvalue weighted by molar-refractivity contribution is -0.213. The van der Waals surface area contributed by atoms with Crippen molar-refractivity contribution in [2.75, 3.05) is 7.11 Å². The summed E-state index contributed by atoms with van der Waals surface area (Å²) in [6.07, 6.45) is 5.57. The first-order chi connectivity index (χ1) is 14.2. The Morgan fingerprint density at radius 1 is 1.20 bits per heavy atom. The molecule has 2 heterocycles. The van der Waals surface area contributed by atoms with Crippen LogP contribution in [-0.4, -0.2) is 31.1 Å². The average molecular weight is 418 g/mol. The lowest BCUT2D eigenvalue weighted by Gasteiger charge is -2.62. The van der Waals surface area contributed by atoms with E-state index in [9.17, 15) is 14.4 Å². The van der Waals surface area contributed by atoms with Gasteiger partial charge in [-0.1, -0.05) is 13.8 Å². The maximum absolute atomic E-state index is 13.0. The van der Waals surface area contributed by atoms with Crippen molar-refractivity contribution in [2.24, 2.45) is 28.6 Å². The van der Waals surface area contributed by atoms with Gasteiger partial charge in [-0.05, 0) is 54.9 Å². The van der Waals surface area contributed by atoms with Gasteiger partial charge in [-0.15, -0.1) is 0 Å². The highest BCUT2D eigenvalue weighted by Crippen LogP contribution is 2.66. The largest absolute Gasteiger partial charge is 0.472 e. The summed E-state index contributed by atoms with van der Waals surface area (Å²) in [4.78, 5) is 37.5. The van der Waals surface area contributed by atoms with Crippen LogP contribution in [0.1, 0.15) is 64.5 Å². The van der Waals surface area contributed by atoms with Gasteiger partial charge in [-0.2, -0.15) is 0 Å². The third-order valence-electron chi connectivity index (χ3n) is 8.05. The molecular weight excluding hydrogens is 388 g/mol. The van der Waals surface area contributed by atoms with Crippen molar-refractivity contribution in [3.63, 3.8) is 0 Å². The van der Waals surface area contributed by atoms with Crippen LogP contribution in [0.25, 0.3) is 0 Å². The van der Waals surface area contributed by atoms with Crippen LogP contribution in [-0.2, 0) is 28.6 Å². The van der Waals surface area contributed by atoms with Gasteiger partial charge in [0.25, 0.3) is 0 Å². The Bertz CT molecular complexity index is 831. The quantitative estimate of drug-likeness (QED) is 0.544. The summed E-state index contributed by atoms with van der Waals surface area (Å²) in [5.41, 5.74) is 0.107. The van der Waals surface area contributed by atoms with Gasteiger partial charge in [-0.3, -0.25) is 14.4 Å². The second kappa shape index (κ2) is 7.43. The summed E-state index contributed by atoms with van der Waals surface area (Å²) in [5.74, 6) is -1.44. The second-order valence-corrected chi connectivity index (χ2v) is 9.62. The fraction of sp³-hybridized carbons (Fsp3) is 0.696. The number of hydrogen-bond acceptors (Lipinski definition) is 7. The van der Waals surface area contributed by atoms with Gasteiger partial charge < -0.3 is 18.6 Å². The van der Waals surface area contributed by atoms with Crippen LogP contribution in [0.4, 0.5) is 0 Å². The van der Waals surface area contributed by atoms with Crippen LogP contribution >= 0.6 is 0 Å². The molecule has 1 aromatic rings. The molecule has 7 nitrogen and oxygen atoms in total. The van der Waals surface area contributed by atoms with E-state index in [1.54, 1.807) is 12.5 Å². The van der Waals surface area contributed by atoms with Gasteiger partial charge >= 0.3 is 17.9 Å². The third-order valence-corrected chi connectivity index (χ3v) is 8.05. The molecule has 4 rings (SSSR count). The first-order valence-corrected chi connectivity index (χ1v) is 10.7.